The Morgan fingerprint density at radius 1 is 0.700 bits per heavy atom. The van der Waals surface area contributed by atoms with Crippen LogP contribution in [-0.4, -0.2) is 39.2 Å². The monoisotopic (exact) mass is 352 g/mol. The quantitative estimate of drug-likeness (QED) is 0.376. The highest BCUT2D eigenvalue weighted by Gasteiger charge is 2.56. The first-order chi connectivity index (χ1) is 8.55. The second kappa shape index (κ2) is 5.08. The summed E-state index contributed by atoms with van der Waals surface area (Å²) in [5.41, 5.74) is 0.577. The van der Waals surface area contributed by atoms with Crippen molar-refractivity contribution in [3.8, 4) is 0 Å². The van der Waals surface area contributed by atoms with Crippen LogP contribution in [0.4, 0.5) is 25.3 Å². The summed E-state index contributed by atoms with van der Waals surface area (Å²) in [6.45, 7) is 0. The summed E-state index contributed by atoms with van der Waals surface area (Å²) in [5, 5.41) is -11.5. The molecule has 118 valence electrons. The van der Waals surface area contributed by atoms with Crippen LogP contribution in [0, 0.1) is 0 Å². The van der Waals surface area contributed by atoms with E-state index >= 15 is 0 Å². The maximum atomic E-state index is 12.4. The lowest BCUT2D eigenvalue weighted by Crippen LogP contribution is -2.56. The van der Waals surface area contributed by atoms with Gasteiger partial charge in [-0.1, -0.05) is 7.77 Å². The lowest BCUT2D eigenvalue weighted by molar-refractivity contribution is -0.144. The van der Waals surface area contributed by atoms with Gasteiger partial charge in [0.1, 0.15) is 0 Å². The Bertz CT molecular complexity index is 570. The van der Waals surface area contributed by atoms with Crippen molar-refractivity contribution in [3.05, 3.63) is 0 Å². The summed E-state index contributed by atoms with van der Waals surface area (Å²) in [7, 11) is -13.6. The molecular weight excluding hydrogens is 350 g/mol. The zero-order valence-corrected chi connectivity index (χ0v) is 10.2. The topological polar surface area (TPSA) is 126 Å². The van der Waals surface area contributed by atoms with Gasteiger partial charge >= 0.3 is 42.8 Å². The number of alkyl halides is 4. The zero-order chi connectivity index (χ0) is 16.6. The zero-order valence-electron chi connectivity index (χ0n) is 8.53. The van der Waals surface area contributed by atoms with Crippen molar-refractivity contribution >= 4 is 32.3 Å². The molecule has 16 heteroatoms. The third-order valence-corrected chi connectivity index (χ3v) is 3.03. The molecule has 0 radical (unpaired) electrons. The molecule has 0 saturated carbocycles. The molecule has 0 bridgehead atoms. The van der Waals surface area contributed by atoms with Gasteiger partial charge in [0.15, 0.2) is 0 Å². The van der Waals surface area contributed by atoms with Crippen LogP contribution in [0.2, 0.25) is 0 Å². The Morgan fingerprint density at radius 3 is 1.05 bits per heavy atom. The third kappa shape index (κ3) is 3.50. The van der Waals surface area contributed by atoms with Crippen molar-refractivity contribution in [2.45, 2.75) is 10.5 Å². The van der Waals surface area contributed by atoms with E-state index in [-0.39, 0.29) is 10.9 Å². The molecule has 0 aromatic rings. The fourth-order valence-corrected chi connectivity index (χ4v) is 1.03. The predicted octanol–water partition coefficient (Wildman–Crippen LogP) is -1.08. The van der Waals surface area contributed by atoms with E-state index in [4.69, 9.17) is 0 Å². The summed E-state index contributed by atoms with van der Waals surface area (Å²) >= 11 is 0. The molecule has 0 heterocycles. The van der Waals surface area contributed by atoms with Crippen LogP contribution in [0.1, 0.15) is 0 Å². The number of hydrogen-bond donors (Lipinski definition) is 2. The molecule has 8 nitrogen and oxygen atoms in total. The lowest BCUT2D eigenvalue weighted by atomic mass is 10.6. The molecule has 0 rings (SSSR count). The number of hydrazine groups is 1. The Kier molecular flexibility index (Phi) is 4.67. The van der Waals surface area contributed by atoms with Gasteiger partial charge < -0.3 is 0 Å². The van der Waals surface area contributed by atoms with E-state index < -0.39 is 42.8 Å². The van der Waals surface area contributed by atoms with Gasteiger partial charge in [0.25, 0.3) is 0 Å². The minimum Gasteiger partial charge on any atom is -0.265 e. The summed E-state index contributed by atoms with van der Waals surface area (Å²) in [6, 6.07) is 0. The minimum absolute atomic E-state index is 0.289. The first-order valence-corrected chi connectivity index (χ1v) is 6.56. The van der Waals surface area contributed by atoms with Crippen molar-refractivity contribution in [3.63, 3.8) is 0 Å². The van der Waals surface area contributed by atoms with Gasteiger partial charge in [-0.3, -0.25) is 20.4 Å². The van der Waals surface area contributed by atoms with Gasteiger partial charge in [-0.25, -0.2) is 0 Å². The van der Waals surface area contributed by atoms with E-state index in [1.165, 1.54) is 0 Å². The van der Waals surface area contributed by atoms with Crippen molar-refractivity contribution in [2.24, 2.45) is 0 Å². The molecule has 20 heavy (non-hydrogen) atoms. The van der Waals surface area contributed by atoms with Gasteiger partial charge in [0, 0.05) is 0 Å². The number of rotatable bonds is 4. The van der Waals surface area contributed by atoms with E-state index in [9.17, 15) is 51.8 Å². The van der Waals surface area contributed by atoms with E-state index in [0.717, 1.165) is 0 Å². The van der Waals surface area contributed by atoms with Crippen molar-refractivity contribution < 1.29 is 51.8 Å². The molecule has 0 aliphatic carbocycles. The van der Waals surface area contributed by atoms with Gasteiger partial charge in [-0.2, -0.15) is 34.4 Å². The van der Waals surface area contributed by atoms with E-state index in [1.807, 2.05) is 0 Å². The molecule has 2 N–H and O–H groups in total. The van der Waals surface area contributed by atoms with E-state index in [2.05, 4.69) is 0 Å². The lowest BCUT2D eigenvalue weighted by Gasteiger charge is -2.14. The first-order valence-electron chi connectivity index (χ1n) is 3.80. The summed E-state index contributed by atoms with van der Waals surface area (Å²) in [6.07, 6.45) is 0. The molecule has 0 unspecified atom stereocenters. The van der Waals surface area contributed by atoms with Crippen LogP contribution in [0.15, 0.2) is 0 Å². The average molecular weight is 352 g/mol. The summed E-state index contributed by atoms with van der Waals surface area (Å²) in [4.78, 5) is 20.8. The van der Waals surface area contributed by atoms with Gasteiger partial charge in [0.05, 0.1) is 0 Å². The second-order valence-corrected chi connectivity index (χ2v) is 5.59. The predicted molar refractivity (Wildman–Crippen MR) is 46.2 cm³/mol. The Hall–Kier alpha value is -1.58. The standard InChI is InChI=1S/C4H2F6N2O6S2/c5-3(6,19(9,15)16)1(13)11-12-2(14)4(7,8)20(10,17)18/h(H,11,13)(H,12,14). The number of carbonyl (C=O) groups excluding carboxylic acids is 2. The van der Waals surface area contributed by atoms with Crippen molar-refractivity contribution in [1.29, 1.82) is 0 Å². The van der Waals surface area contributed by atoms with Crippen LogP contribution in [-0.2, 0) is 30.0 Å². The molecule has 0 spiro atoms. The number of halogens is 6. The molecular formula is C4H2F6N2O6S2. The van der Waals surface area contributed by atoms with E-state index in [0.29, 0.717) is 0 Å². The molecule has 0 aromatic carbocycles. The molecule has 0 aliphatic rings. The van der Waals surface area contributed by atoms with Gasteiger partial charge in [0.2, 0.25) is 0 Å². The summed E-state index contributed by atoms with van der Waals surface area (Å²) in [5.74, 6) is -6.25. The molecule has 0 aliphatic heterocycles. The van der Waals surface area contributed by atoms with Gasteiger partial charge in [-0.15, -0.1) is 0 Å². The normalized spacial score (nSPS) is 13.7. The molecule has 2 amide bonds. The Morgan fingerprint density at radius 2 is 0.900 bits per heavy atom. The SMILES string of the molecule is O=C(NNC(=O)C(F)(F)S(=O)(=O)F)C(F)(F)S(=O)(=O)F. The van der Waals surface area contributed by atoms with Crippen LogP contribution in [0.5, 0.6) is 0 Å². The second-order valence-electron chi connectivity index (χ2n) is 2.82. The van der Waals surface area contributed by atoms with Gasteiger partial charge in [-0.05, 0) is 0 Å². The maximum absolute atomic E-state index is 12.4. The Balaban J connectivity index is 5.01. The molecule has 0 fully saturated rings. The fourth-order valence-electron chi connectivity index (χ4n) is 0.481. The van der Waals surface area contributed by atoms with Crippen LogP contribution < -0.4 is 10.9 Å². The van der Waals surface area contributed by atoms with Crippen molar-refractivity contribution in [2.75, 3.05) is 0 Å². The van der Waals surface area contributed by atoms with Crippen LogP contribution in [0.3, 0.4) is 0 Å². The number of carbonyl (C=O) groups is 2. The molecule has 0 saturated heterocycles. The highest BCUT2D eigenvalue weighted by molar-refractivity contribution is 7.88. The largest absolute Gasteiger partial charge is 0.452 e. The number of amides is 2. The number of nitrogens with one attached hydrogen (secondary N) is 2. The van der Waals surface area contributed by atoms with Crippen LogP contribution >= 0.6 is 0 Å². The fraction of sp³-hybridized carbons (Fsp3) is 0.500. The molecule has 0 atom stereocenters. The average Bonchev–Trinajstić information content (AvgIpc) is 2.21. The van der Waals surface area contributed by atoms with Crippen LogP contribution in [0.25, 0.3) is 0 Å². The summed E-state index contributed by atoms with van der Waals surface area (Å²) < 4.78 is 113. The first kappa shape index (κ1) is 18.4. The number of hydrogen-bond acceptors (Lipinski definition) is 6. The minimum atomic E-state index is -6.79. The van der Waals surface area contributed by atoms with E-state index in [1.54, 1.807) is 0 Å². The smallest absolute Gasteiger partial charge is 0.265 e. The highest BCUT2D eigenvalue weighted by atomic mass is 32.3. The third-order valence-electron chi connectivity index (χ3n) is 1.43. The maximum Gasteiger partial charge on any atom is 0.452 e. The highest BCUT2D eigenvalue weighted by Crippen LogP contribution is 2.24. The Labute approximate surface area is 106 Å². The molecule has 0 aromatic heterocycles. The van der Waals surface area contributed by atoms with Crippen molar-refractivity contribution in [1.82, 2.24) is 10.9 Å².